The van der Waals surface area contributed by atoms with Crippen molar-refractivity contribution in [3.05, 3.63) is 42.0 Å². The van der Waals surface area contributed by atoms with Crippen LogP contribution < -0.4 is 20.7 Å². The summed E-state index contributed by atoms with van der Waals surface area (Å²) in [5.74, 6) is -0.685. The van der Waals surface area contributed by atoms with E-state index in [1.54, 1.807) is 20.8 Å². The van der Waals surface area contributed by atoms with Crippen LogP contribution in [0.1, 0.15) is 53.0 Å². The van der Waals surface area contributed by atoms with Crippen LogP contribution in [0.4, 0.5) is 4.79 Å². The van der Waals surface area contributed by atoms with E-state index in [0.717, 1.165) is 5.75 Å². The number of nitrogens with one attached hydrogen (secondary N) is 3. The predicted molar refractivity (Wildman–Crippen MR) is 138 cm³/mol. The summed E-state index contributed by atoms with van der Waals surface area (Å²) in [4.78, 5) is 46.3. The summed E-state index contributed by atoms with van der Waals surface area (Å²) in [6, 6.07) is 7.26. The van der Waals surface area contributed by atoms with Crippen LogP contribution in [-0.4, -0.2) is 62.3 Å². The number of alkyl carbamates (subject to hydrolysis) is 1. The first-order valence-electron chi connectivity index (χ1n) is 11.8. The number of hydrogen-bond acceptors (Lipinski definition) is 7. The van der Waals surface area contributed by atoms with E-state index in [4.69, 9.17) is 9.47 Å². The van der Waals surface area contributed by atoms with Crippen molar-refractivity contribution in [1.29, 1.82) is 0 Å². The average Bonchev–Trinajstić information content (AvgIpc) is 2.81. The summed E-state index contributed by atoms with van der Waals surface area (Å²) in [7, 11) is 1.21. The molecule has 0 aliphatic heterocycles. The van der Waals surface area contributed by atoms with Crippen LogP contribution in [0.5, 0.6) is 5.75 Å². The number of carbonyl (C=O) groups excluding carboxylic acids is 4. The van der Waals surface area contributed by atoms with Gasteiger partial charge in [-0.25, -0.2) is 4.79 Å². The molecular weight excluding hydrogens is 466 g/mol. The lowest BCUT2D eigenvalue weighted by atomic mass is 10.1. The van der Waals surface area contributed by atoms with Crippen molar-refractivity contribution in [1.82, 2.24) is 16.0 Å². The lowest BCUT2D eigenvalue weighted by Crippen LogP contribution is -2.50. The van der Waals surface area contributed by atoms with Gasteiger partial charge in [-0.2, -0.15) is 0 Å². The van der Waals surface area contributed by atoms with Gasteiger partial charge in [-0.3, -0.25) is 14.4 Å². The maximum absolute atomic E-state index is 12.0. The van der Waals surface area contributed by atoms with Crippen molar-refractivity contribution in [2.75, 3.05) is 26.8 Å². The van der Waals surface area contributed by atoms with Crippen molar-refractivity contribution in [2.45, 2.75) is 66.0 Å². The van der Waals surface area contributed by atoms with Crippen molar-refractivity contribution in [2.24, 2.45) is 0 Å². The quantitative estimate of drug-likeness (QED) is 0.310. The number of amides is 3. The van der Waals surface area contributed by atoms with Crippen LogP contribution in [0.3, 0.4) is 0 Å². The Kier molecular flexibility index (Phi) is 16.1. The molecule has 1 rings (SSSR count). The highest BCUT2D eigenvalue weighted by Gasteiger charge is 2.21. The minimum Gasteiger partial charge on any atom is -0.490 e. The Labute approximate surface area is 214 Å². The molecule has 0 heterocycles. The van der Waals surface area contributed by atoms with Crippen molar-refractivity contribution < 1.29 is 33.4 Å². The normalized spacial score (nSPS) is 11.4. The fourth-order valence-electron chi connectivity index (χ4n) is 2.50. The van der Waals surface area contributed by atoms with Gasteiger partial charge < -0.3 is 30.2 Å². The minimum atomic E-state index is -0.799. The second-order valence-electron chi connectivity index (χ2n) is 8.75. The van der Waals surface area contributed by atoms with E-state index >= 15 is 0 Å². The van der Waals surface area contributed by atoms with Gasteiger partial charge in [0.15, 0.2) is 0 Å². The number of allylic oxidation sites excluding steroid dienone is 1. The highest BCUT2D eigenvalue weighted by atomic mass is 16.6. The zero-order valence-corrected chi connectivity index (χ0v) is 22.4. The molecule has 0 saturated carbocycles. The molecule has 0 aromatic heterocycles. The first kappa shape index (κ1) is 32.4. The van der Waals surface area contributed by atoms with Crippen LogP contribution >= 0.6 is 0 Å². The third kappa shape index (κ3) is 17.0. The molecule has 10 heteroatoms. The number of rotatable bonds is 11. The molecule has 1 unspecified atom stereocenters. The number of benzene rings is 1. The van der Waals surface area contributed by atoms with E-state index < -0.39 is 35.5 Å². The standard InChI is InChI=1S/C15H27N3O6.C11H14O/c1-6-7-10(13(21)16-9-12(20)23-5)18-11(19)8-17-14(22)24-15(2,3)4;1-3-4-9-12-11-7-5-10(2)6-8-11/h10H,6-9H2,1-5H3,(H,16,21)(H,17,22)(H,18,19);3-8H,9H2,1-2H3/b;4-3-. The van der Waals surface area contributed by atoms with Crippen LogP contribution in [0, 0.1) is 6.92 Å². The zero-order valence-electron chi connectivity index (χ0n) is 22.4. The lowest BCUT2D eigenvalue weighted by Gasteiger charge is -2.20. The third-order valence-electron chi connectivity index (χ3n) is 4.26. The first-order chi connectivity index (χ1) is 16.9. The summed E-state index contributed by atoms with van der Waals surface area (Å²) >= 11 is 0. The van der Waals surface area contributed by atoms with Gasteiger partial charge in [-0.1, -0.05) is 43.2 Å². The van der Waals surface area contributed by atoms with E-state index in [2.05, 4.69) is 27.6 Å². The number of methoxy groups -OCH3 is 1. The summed E-state index contributed by atoms with van der Waals surface area (Å²) < 4.78 is 14.8. The van der Waals surface area contributed by atoms with Crippen LogP contribution in [-0.2, 0) is 23.9 Å². The Hall–Kier alpha value is -3.56. The van der Waals surface area contributed by atoms with Crippen molar-refractivity contribution >= 4 is 23.9 Å². The number of aryl methyl sites for hydroxylation is 1. The Morgan fingerprint density at radius 1 is 1.03 bits per heavy atom. The molecule has 0 spiro atoms. The van der Waals surface area contributed by atoms with Gasteiger partial charge >= 0.3 is 12.1 Å². The van der Waals surface area contributed by atoms with Crippen LogP contribution in [0.2, 0.25) is 0 Å². The largest absolute Gasteiger partial charge is 0.490 e. The van der Waals surface area contributed by atoms with Gasteiger partial charge in [0.2, 0.25) is 11.8 Å². The molecule has 3 amide bonds. The topological polar surface area (TPSA) is 132 Å². The third-order valence-corrected chi connectivity index (χ3v) is 4.26. The highest BCUT2D eigenvalue weighted by Crippen LogP contribution is 2.11. The van der Waals surface area contributed by atoms with Gasteiger partial charge in [0, 0.05) is 0 Å². The smallest absolute Gasteiger partial charge is 0.408 e. The fraction of sp³-hybridized carbons (Fsp3) is 0.538. The first-order valence-corrected chi connectivity index (χ1v) is 11.8. The van der Waals surface area contributed by atoms with E-state index in [1.165, 1.54) is 12.7 Å². The second kappa shape index (κ2) is 17.8. The highest BCUT2D eigenvalue weighted by molar-refractivity contribution is 5.90. The van der Waals surface area contributed by atoms with E-state index in [9.17, 15) is 19.2 Å². The minimum absolute atomic E-state index is 0.276. The maximum atomic E-state index is 12.0. The number of esters is 1. The van der Waals surface area contributed by atoms with Crippen molar-refractivity contribution in [3.8, 4) is 5.75 Å². The molecule has 10 nitrogen and oxygen atoms in total. The Balaban J connectivity index is 0.000000846. The molecule has 36 heavy (non-hydrogen) atoms. The summed E-state index contributed by atoms with van der Waals surface area (Å²) in [6.07, 6.45) is 4.29. The molecule has 3 N–H and O–H groups in total. The molecule has 202 valence electrons. The molecule has 0 fully saturated rings. The molecule has 0 bridgehead atoms. The van der Waals surface area contributed by atoms with E-state index in [-0.39, 0.29) is 13.1 Å². The lowest BCUT2D eigenvalue weighted by molar-refractivity contribution is -0.141. The molecule has 1 aromatic rings. The van der Waals surface area contributed by atoms with Crippen LogP contribution in [0.15, 0.2) is 36.4 Å². The molecular formula is C26H41N3O7. The molecule has 0 radical (unpaired) electrons. The van der Waals surface area contributed by atoms with Gasteiger partial charge in [0.1, 0.15) is 37.1 Å². The Morgan fingerprint density at radius 3 is 2.19 bits per heavy atom. The maximum Gasteiger partial charge on any atom is 0.408 e. The number of carbonyl (C=O) groups is 4. The number of hydrogen-bond donors (Lipinski definition) is 3. The zero-order chi connectivity index (χ0) is 27.6. The van der Waals surface area contributed by atoms with Gasteiger partial charge in [0.05, 0.1) is 7.11 Å². The average molecular weight is 508 g/mol. The molecule has 0 saturated heterocycles. The van der Waals surface area contributed by atoms with E-state index in [1.807, 2.05) is 50.3 Å². The van der Waals surface area contributed by atoms with Gasteiger partial charge in [-0.05, 0) is 53.2 Å². The summed E-state index contributed by atoms with van der Waals surface area (Å²) in [5, 5.41) is 7.19. The SMILES string of the molecule is C/C=C\COc1ccc(C)cc1.CCCC(NC(=O)CNC(=O)OC(C)(C)C)C(=O)NCC(=O)OC. The summed E-state index contributed by atoms with van der Waals surface area (Å²) in [5.41, 5.74) is 0.590. The van der Waals surface area contributed by atoms with E-state index in [0.29, 0.717) is 19.4 Å². The number of ether oxygens (including phenoxy) is 3. The van der Waals surface area contributed by atoms with Gasteiger partial charge in [-0.15, -0.1) is 0 Å². The van der Waals surface area contributed by atoms with Crippen LogP contribution in [0.25, 0.3) is 0 Å². The monoisotopic (exact) mass is 507 g/mol. The Bertz CT molecular complexity index is 846. The molecule has 0 aliphatic carbocycles. The fourth-order valence-corrected chi connectivity index (χ4v) is 2.50. The van der Waals surface area contributed by atoms with Crippen molar-refractivity contribution in [3.63, 3.8) is 0 Å². The molecule has 1 atom stereocenters. The second-order valence-corrected chi connectivity index (χ2v) is 8.75. The van der Waals surface area contributed by atoms with Gasteiger partial charge in [0.25, 0.3) is 0 Å². The molecule has 0 aliphatic rings. The summed E-state index contributed by atoms with van der Waals surface area (Å²) in [6.45, 7) is 11.1. The Morgan fingerprint density at radius 2 is 1.67 bits per heavy atom. The molecule has 1 aromatic carbocycles. The predicted octanol–water partition coefficient (Wildman–Crippen LogP) is 3.04.